The fraction of sp³-hybridized carbons (Fsp3) is 0.0833. The molecular formula is C12H10O2. The van der Waals surface area contributed by atoms with Gasteiger partial charge >= 0.3 is 0 Å². The Morgan fingerprint density at radius 3 is 2.43 bits per heavy atom. The molecule has 0 aliphatic heterocycles. The van der Waals surface area contributed by atoms with E-state index in [9.17, 15) is 4.79 Å². The molecule has 14 heavy (non-hydrogen) atoms. The molecule has 0 N–H and O–H groups in total. The molecule has 0 atom stereocenters. The fourth-order valence-electron chi connectivity index (χ4n) is 1.37. The minimum Gasteiger partial charge on any atom is -0.469 e. The van der Waals surface area contributed by atoms with E-state index in [1.54, 1.807) is 25.1 Å². The van der Waals surface area contributed by atoms with Crippen LogP contribution in [0.1, 0.15) is 21.7 Å². The van der Waals surface area contributed by atoms with E-state index in [0.717, 1.165) is 0 Å². The maximum atomic E-state index is 11.9. The van der Waals surface area contributed by atoms with Crippen molar-refractivity contribution in [2.75, 3.05) is 0 Å². The molecule has 1 aromatic carbocycles. The van der Waals surface area contributed by atoms with Gasteiger partial charge in [-0.1, -0.05) is 30.3 Å². The number of carbonyl (C=O) groups excluding carboxylic acids is 1. The van der Waals surface area contributed by atoms with E-state index in [4.69, 9.17) is 4.42 Å². The first-order chi connectivity index (χ1) is 6.79. The quantitative estimate of drug-likeness (QED) is 0.675. The van der Waals surface area contributed by atoms with Gasteiger partial charge in [-0.15, -0.1) is 0 Å². The smallest absolute Gasteiger partial charge is 0.196 e. The standard InChI is InChI=1S/C12H10O2/c1-9-11(7-8-14-9)12(13)10-5-3-2-4-6-10/h2-8H,1H3. The number of rotatable bonds is 2. The van der Waals surface area contributed by atoms with E-state index < -0.39 is 0 Å². The summed E-state index contributed by atoms with van der Waals surface area (Å²) in [6, 6.07) is 10.9. The second-order valence-electron chi connectivity index (χ2n) is 3.09. The van der Waals surface area contributed by atoms with E-state index in [0.29, 0.717) is 16.9 Å². The molecule has 70 valence electrons. The molecule has 0 bridgehead atoms. The highest BCUT2D eigenvalue weighted by molar-refractivity contribution is 6.09. The van der Waals surface area contributed by atoms with E-state index in [2.05, 4.69) is 0 Å². The van der Waals surface area contributed by atoms with Gasteiger partial charge in [-0.3, -0.25) is 4.79 Å². The highest BCUT2D eigenvalue weighted by Gasteiger charge is 2.12. The van der Waals surface area contributed by atoms with Crippen LogP contribution in [0.25, 0.3) is 0 Å². The summed E-state index contributed by atoms with van der Waals surface area (Å²) in [6.45, 7) is 1.79. The van der Waals surface area contributed by atoms with Crippen LogP contribution in [-0.4, -0.2) is 5.78 Å². The van der Waals surface area contributed by atoms with Crippen molar-refractivity contribution in [2.24, 2.45) is 0 Å². The van der Waals surface area contributed by atoms with Crippen LogP contribution in [0.5, 0.6) is 0 Å². The molecule has 0 aliphatic rings. The molecule has 2 rings (SSSR count). The molecule has 2 heteroatoms. The second kappa shape index (κ2) is 3.50. The van der Waals surface area contributed by atoms with Crippen molar-refractivity contribution in [3.05, 3.63) is 59.5 Å². The van der Waals surface area contributed by atoms with E-state index >= 15 is 0 Å². The van der Waals surface area contributed by atoms with Crippen LogP contribution in [-0.2, 0) is 0 Å². The van der Waals surface area contributed by atoms with Crippen molar-refractivity contribution < 1.29 is 9.21 Å². The van der Waals surface area contributed by atoms with E-state index in [1.165, 1.54) is 6.26 Å². The molecule has 0 aliphatic carbocycles. The maximum absolute atomic E-state index is 11.9. The fourth-order valence-corrected chi connectivity index (χ4v) is 1.37. The van der Waals surface area contributed by atoms with Crippen LogP contribution in [0, 0.1) is 6.92 Å². The van der Waals surface area contributed by atoms with Crippen LogP contribution in [0.3, 0.4) is 0 Å². The predicted molar refractivity (Wildman–Crippen MR) is 53.3 cm³/mol. The summed E-state index contributed by atoms with van der Waals surface area (Å²) in [7, 11) is 0. The van der Waals surface area contributed by atoms with Crippen molar-refractivity contribution in [3.8, 4) is 0 Å². The number of aryl methyl sites for hydroxylation is 1. The molecule has 0 fully saturated rings. The molecule has 2 nitrogen and oxygen atoms in total. The average Bonchev–Trinajstić information content (AvgIpc) is 2.65. The van der Waals surface area contributed by atoms with Crippen molar-refractivity contribution in [3.63, 3.8) is 0 Å². The molecule has 2 aromatic rings. The molecule has 0 saturated carbocycles. The molecule has 0 radical (unpaired) electrons. The first kappa shape index (κ1) is 8.75. The Labute approximate surface area is 82.2 Å². The Morgan fingerprint density at radius 2 is 1.86 bits per heavy atom. The van der Waals surface area contributed by atoms with Crippen LogP contribution < -0.4 is 0 Å². The minimum atomic E-state index is 0.0110. The molecular weight excluding hydrogens is 176 g/mol. The number of hydrogen-bond donors (Lipinski definition) is 0. The van der Waals surface area contributed by atoms with Gasteiger partial charge in [0.15, 0.2) is 5.78 Å². The lowest BCUT2D eigenvalue weighted by molar-refractivity contribution is 0.103. The maximum Gasteiger partial charge on any atom is 0.196 e. The number of carbonyl (C=O) groups is 1. The van der Waals surface area contributed by atoms with Gasteiger partial charge in [0.25, 0.3) is 0 Å². The van der Waals surface area contributed by atoms with Crippen molar-refractivity contribution >= 4 is 5.78 Å². The lowest BCUT2D eigenvalue weighted by Gasteiger charge is -1.97. The van der Waals surface area contributed by atoms with Crippen molar-refractivity contribution in [1.29, 1.82) is 0 Å². The third kappa shape index (κ3) is 1.46. The van der Waals surface area contributed by atoms with Crippen LogP contribution in [0.15, 0.2) is 47.1 Å². The third-order valence-corrected chi connectivity index (χ3v) is 2.14. The van der Waals surface area contributed by atoms with Crippen molar-refractivity contribution in [2.45, 2.75) is 6.92 Å². The number of furan rings is 1. The Hall–Kier alpha value is -1.83. The summed E-state index contributed by atoms with van der Waals surface area (Å²) in [5, 5.41) is 0. The van der Waals surface area contributed by atoms with Gasteiger partial charge in [0.1, 0.15) is 5.76 Å². The second-order valence-corrected chi connectivity index (χ2v) is 3.09. The van der Waals surface area contributed by atoms with Gasteiger partial charge in [-0.05, 0) is 13.0 Å². The lowest BCUT2D eigenvalue weighted by Crippen LogP contribution is -2.00. The van der Waals surface area contributed by atoms with Crippen LogP contribution in [0.2, 0.25) is 0 Å². The van der Waals surface area contributed by atoms with Crippen LogP contribution >= 0.6 is 0 Å². The van der Waals surface area contributed by atoms with E-state index in [-0.39, 0.29) is 5.78 Å². The Bertz CT molecular complexity index is 440. The zero-order chi connectivity index (χ0) is 9.97. The summed E-state index contributed by atoms with van der Waals surface area (Å²) in [5.74, 6) is 0.677. The molecule has 0 amide bonds. The van der Waals surface area contributed by atoms with Gasteiger partial charge in [0, 0.05) is 5.56 Å². The first-order valence-electron chi connectivity index (χ1n) is 4.43. The van der Waals surface area contributed by atoms with Gasteiger partial charge in [0.2, 0.25) is 0 Å². The molecule has 0 unspecified atom stereocenters. The zero-order valence-corrected chi connectivity index (χ0v) is 7.86. The van der Waals surface area contributed by atoms with Crippen LogP contribution in [0.4, 0.5) is 0 Å². The number of ketones is 1. The Kier molecular flexibility index (Phi) is 2.19. The van der Waals surface area contributed by atoms with E-state index in [1.807, 2.05) is 18.2 Å². The van der Waals surface area contributed by atoms with Gasteiger partial charge in [-0.2, -0.15) is 0 Å². The zero-order valence-electron chi connectivity index (χ0n) is 7.86. The lowest BCUT2D eigenvalue weighted by atomic mass is 10.0. The van der Waals surface area contributed by atoms with Gasteiger partial charge in [-0.25, -0.2) is 0 Å². The highest BCUT2D eigenvalue weighted by Crippen LogP contribution is 2.14. The summed E-state index contributed by atoms with van der Waals surface area (Å²) in [4.78, 5) is 11.9. The number of benzene rings is 1. The molecule has 0 saturated heterocycles. The number of hydrogen-bond acceptors (Lipinski definition) is 2. The Morgan fingerprint density at radius 1 is 1.14 bits per heavy atom. The summed E-state index contributed by atoms with van der Waals surface area (Å²) >= 11 is 0. The normalized spacial score (nSPS) is 10.1. The SMILES string of the molecule is Cc1occc1C(=O)c1ccccc1. The third-order valence-electron chi connectivity index (χ3n) is 2.14. The van der Waals surface area contributed by atoms with Crippen molar-refractivity contribution in [1.82, 2.24) is 0 Å². The summed E-state index contributed by atoms with van der Waals surface area (Å²) in [6.07, 6.45) is 1.53. The van der Waals surface area contributed by atoms with Gasteiger partial charge < -0.3 is 4.42 Å². The highest BCUT2D eigenvalue weighted by atomic mass is 16.3. The summed E-state index contributed by atoms with van der Waals surface area (Å²) < 4.78 is 5.09. The first-order valence-corrected chi connectivity index (χ1v) is 4.43. The molecule has 0 spiro atoms. The Balaban J connectivity index is 2.39. The topological polar surface area (TPSA) is 30.2 Å². The summed E-state index contributed by atoms with van der Waals surface area (Å²) in [5.41, 5.74) is 1.33. The minimum absolute atomic E-state index is 0.0110. The molecule has 1 heterocycles. The average molecular weight is 186 g/mol. The largest absolute Gasteiger partial charge is 0.469 e. The molecule has 1 aromatic heterocycles. The predicted octanol–water partition coefficient (Wildman–Crippen LogP) is 2.82. The monoisotopic (exact) mass is 186 g/mol. The van der Waals surface area contributed by atoms with Gasteiger partial charge in [0.05, 0.1) is 11.8 Å².